The van der Waals surface area contributed by atoms with Gasteiger partial charge in [-0.3, -0.25) is 9.59 Å². The first-order valence-corrected chi connectivity index (χ1v) is 9.58. The van der Waals surface area contributed by atoms with E-state index < -0.39 is 17.4 Å². The third-order valence-electron chi connectivity index (χ3n) is 4.55. The predicted octanol–water partition coefficient (Wildman–Crippen LogP) is 5.75. The van der Waals surface area contributed by atoms with Crippen molar-refractivity contribution in [2.45, 2.75) is 6.92 Å². The van der Waals surface area contributed by atoms with E-state index in [1.165, 1.54) is 17.0 Å². The first kappa shape index (κ1) is 21.9. The van der Waals surface area contributed by atoms with E-state index >= 15 is 0 Å². The Kier molecular flexibility index (Phi) is 6.92. The van der Waals surface area contributed by atoms with Crippen LogP contribution in [0.2, 0.25) is 0 Å². The molecule has 6 heteroatoms. The summed E-state index contributed by atoms with van der Waals surface area (Å²) in [5.74, 6) is -2.12. The van der Waals surface area contributed by atoms with Gasteiger partial charge in [-0.1, -0.05) is 48.0 Å². The SMILES string of the molecule is C/C(=C\c1cc(F)c(Oc2ccccc2)c(F)c1)CN(C)C(=O)c1ccccc1C=O. The van der Waals surface area contributed by atoms with Gasteiger partial charge in [-0.2, -0.15) is 0 Å². The number of amides is 1. The average Bonchev–Trinajstić information content (AvgIpc) is 2.76. The maximum atomic E-state index is 14.5. The van der Waals surface area contributed by atoms with Gasteiger partial charge in [0, 0.05) is 19.2 Å². The summed E-state index contributed by atoms with van der Waals surface area (Å²) < 4.78 is 34.2. The summed E-state index contributed by atoms with van der Waals surface area (Å²) in [5.41, 5.74) is 1.61. The van der Waals surface area contributed by atoms with Crippen molar-refractivity contribution in [3.05, 3.63) is 101 Å². The molecule has 0 radical (unpaired) electrons. The standard InChI is InChI=1S/C25H21F2NO3/c1-17(15-28(2)25(30)21-11-7-6-8-19(21)16-29)12-18-13-22(26)24(23(27)14-18)31-20-9-4-3-5-10-20/h3-14,16H,15H2,1-2H3/b17-12+. The molecule has 0 aromatic heterocycles. The molecule has 0 saturated carbocycles. The molecule has 0 aliphatic carbocycles. The second-order valence-corrected chi connectivity index (χ2v) is 7.09. The number of rotatable bonds is 7. The summed E-state index contributed by atoms with van der Waals surface area (Å²) in [5, 5.41) is 0. The van der Waals surface area contributed by atoms with Gasteiger partial charge in [0.1, 0.15) is 5.75 Å². The third-order valence-corrected chi connectivity index (χ3v) is 4.55. The summed E-state index contributed by atoms with van der Waals surface area (Å²) in [4.78, 5) is 25.2. The van der Waals surface area contributed by atoms with Crippen LogP contribution in [-0.2, 0) is 0 Å². The van der Waals surface area contributed by atoms with Gasteiger partial charge in [0.2, 0.25) is 0 Å². The summed E-state index contributed by atoms with van der Waals surface area (Å²) in [6.45, 7) is 1.97. The minimum Gasteiger partial charge on any atom is -0.451 e. The maximum Gasteiger partial charge on any atom is 0.254 e. The van der Waals surface area contributed by atoms with E-state index in [4.69, 9.17) is 4.74 Å². The van der Waals surface area contributed by atoms with E-state index in [-0.39, 0.29) is 12.5 Å². The van der Waals surface area contributed by atoms with Crippen molar-refractivity contribution >= 4 is 18.3 Å². The maximum absolute atomic E-state index is 14.5. The highest BCUT2D eigenvalue weighted by Crippen LogP contribution is 2.29. The van der Waals surface area contributed by atoms with Gasteiger partial charge in [-0.15, -0.1) is 0 Å². The molecule has 3 aromatic rings. The topological polar surface area (TPSA) is 46.6 Å². The molecule has 0 unspecified atom stereocenters. The van der Waals surface area contributed by atoms with Crippen molar-refractivity contribution in [3.63, 3.8) is 0 Å². The van der Waals surface area contributed by atoms with Crippen LogP contribution in [0.15, 0.2) is 72.3 Å². The van der Waals surface area contributed by atoms with E-state index in [1.807, 2.05) is 0 Å². The molecule has 0 saturated heterocycles. The zero-order valence-electron chi connectivity index (χ0n) is 17.1. The molecule has 0 heterocycles. The second kappa shape index (κ2) is 9.80. The van der Waals surface area contributed by atoms with E-state index in [2.05, 4.69) is 0 Å². The smallest absolute Gasteiger partial charge is 0.254 e. The molecule has 0 spiro atoms. The van der Waals surface area contributed by atoms with Gasteiger partial charge in [0.25, 0.3) is 5.91 Å². The van der Waals surface area contributed by atoms with Gasteiger partial charge >= 0.3 is 0 Å². The Bertz CT molecular complexity index is 1100. The molecule has 3 aromatic carbocycles. The zero-order chi connectivity index (χ0) is 22.4. The van der Waals surface area contributed by atoms with Crippen molar-refractivity contribution < 1.29 is 23.1 Å². The number of carbonyl (C=O) groups excluding carboxylic acids is 2. The molecular formula is C25H21F2NO3. The molecule has 4 nitrogen and oxygen atoms in total. The van der Waals surface area contributed by atoms with Gasteiger partial charge in [0.05, 0.1) is 5.56 Å². The summed E-state index contributed by atoms with van der Waals surface area (Å²) >= 11 is 0. The van der Waals surface area contributed by atoms with Crippen LogP contribution in [0, 0.1) is 11.6 Å². The van der Waals surface area contributed by atoms with Crippen LogP contribution in [0.3, 0.4) is 0 Å². The fourth-order valence-corrected chi connectivity index (χ4v) is 3.14. The van der Waals surface area contributed by atoms with Crippen molar-refractivity contribution in [1.29, 1.82) is 0 Å². The van der Waals surface area contributed by atoms with E-state index in [0.717, 1.165) is 0 Å². The summed E-state index contributed by atoms with van der Waals surface area (Å²) in [6, 6.07) is 17.3. The minimum atomic E-state index is -0.827. The van der Waals surface area contributed by atoms with E-state index in [9.17, 15) is 18.4 Å². The third kappa shape index (κ3) is 5.42. The number of halogens is 2. The number of hydrogen-bond donors (Lipinski definition) is 0. The highest BCUT2D eigenvalue weighted by atomic mass is 19.1. The Morgan fingerprint density at radius 1 is 1.00 bits per heavy atom. The second-order valence-electron chi connectivity index (χ2n) is 7.09. The molecule has 0 fully saturated rings. The van der Waals surface area contributed by atoms with Gasteiger partial charge in [-0.25, -0.2) is 8.78 Å². The molecule has 31 heavy (non-hydrogen) atoms. The lowest BCUT2D eigenvalue weighted by atomic mass is 10.1. The largest absolute Gasteiger partial charge is 0.451 e. The van der Waals surface area contributed by atoms with Crippen LogP contribution in [0.1, 0.15) is 33.2 Å². The summed E-state index contributed by atoms with van der Waals surface area (Å²) in [7, 11) is 1.60. The highest BCUT2D eigenvalue weighted by molar-refractivity contribution is 6.01. The highest BCUT2D eigenvalue weighted by Gasteiger charge is 2.16. The number of ether oxygens (including phenoxy) is 1. The fourth-order valence-electron chi connectivity index (χ4n) is 3.14. The quantitative estimate of drug-likeness (QED) is 0.457. The fraction of sp³-hybridized carbons (Fsp3) is 0.120. The van der Waals surface area contributed by atoms with Crippen LogP contribution >= 0.6 is 0 Å². The lowest BCUT2D eigenvalue weighted by Gasteiger charge is -2.18. The van der Waals surface area contributed by atoms with E-state index in [0.29, 0.717) is 34.3 Å². The van der Waals surface area contributed by atoms with Crippen molar-refractivity contribution in [3.8, 4) is 11.5 Å². The van der Waals surface area contributed by atoms with E-state index in [1.54, 1.807) is 74.6 Å². The van der Waals surface area contributed by atoms with Crippen LogP contribution in [-0.4, -0.2) is 30.7 Å². The Morgan fingerprint density at radius 3 is 2.26 bits per heavy atom. The van der Waals surface area contributed by atoms with Crippen LogP contribution in [0.4, 0.5) is 8.78 Å². The van der Waals surface area contributed by atoms with Crippen LogP contribution in [0.5, 0.6) is 11.5 Å². The molecule has 0 bridgehead atoms. The Morgan fingerprint density at radius 2 is 1.61 bits per heavy atom. The number of aldehydes is 1. The van der Waals surface area contributed by atoms with Crippen LogP contribution in [0.25, 0.3) is 6.08 Å². The zero-order valence-corrected chi connectivity index (χ0v) is 17.1. The van der Waals surface area contributed by atoms with Gasteiger partial charge in [-0.05, 0) is 42.8 Å². The summed E-state index contributed by atoms with van der Waals surface area (Å²) in [6.07, 6.45) is 2.22. The monoisotopic (exact) mass is 421 g/mol. The molecule has 158 valence electrons. The lowest BCUT2D eigenvalue weighted by molar-refractivity contribution is 0.0804. The molecular weight excluding hydrogens is 400 g/mol. The van der Waals surface area contributed by atoms with Gasteiger partial charge in [0.15, 0.2) is 23.7 Å². The van der Waals surface area contributed by atoms with Crippen LogP contribution < -0.4 is 4.74 Å². The first-order chi connectivity index (χ1) is 14.9. The first-order valence-electron chi connectivity index (χ1n) is 9.58. The van der Waals surface area contributed by atoms with Crippen molar-refractivity contribution in [1.82, 2.24) is 4.90 Å². The number of likely N-dealkylation sites (N-methyl/N-ethyl adjacent to an activating group) is 1. The van der Waals surface area contributed by atoms with Crippen molar-refractivity contribution in [2.24, 2.45) is 0 Å². The minimum absolute atomic E-state index is 0.220. The molecule has 0 aliphatic heterocycles. The normalized spacial score (nSPS) is 11.2. The number of hydrogen-bond acceptors (Lipinski definition) is 3. The van der Waals surface area contributed by atoms with Gasteiger partial charge < -0.3 is 9.64 Å². The number of carbonyl (C=O) groups is 2. The number of para-hydroxylation sites is 1. The Labute approximate surface area is 179 Å². The molecule has 1 amide bonds. The molecule has 3 rings (SSSR count). The molecule has 0 aliphatic rings. The number of nitrogens with zero attached hydrogens (tertiary/aromatic N) is 1. The number of benzene rings is 3. The average molecular weight is 421 g/mol. The Balaban J connectivity index is 1.75. The molecule has 0 atom stereocenters. The van der Waals surface area contributed by atoms with Crippen molar-refractivity contribution in [2.75, 3.05) is 13.6 Å². The Hall–Kier alpha value is -3.80. The predicted molar refractivity (Wildman–Crippen MR) is 115 cm³/mol. The lowest BCUT2D eigenvalue weighted by Crippen LogP contribution is -2.29. The molecule has 0 N–H and O–H groups in total.